The lowest BCUT2D eigenvalue weighted by molar-refractivity contribution is -0.144. The van der Waals surface area contributed by atoms with Gasteiger partial charge in [-0.05, 0) is 6.42 Å². The summed E-state index contributed by atoms with van der Waals surface area (Å²) in [7, 11) is 0. The van der Waals surface area contributed by atoms with Gasteiger partial charge in [0.25, 0.3) is 0 Å². The van der Waals surface area contributed by atoms with Crippen molar-refractivity contribution in [2.45, 2.75) is 26.3 Å². The Bertz CT molecular complexity index is 259. The molecule has 72 valence electrons. The topological polar surface area (TPSA) is 74.7 Å². The molecule has 2 atom stereocenters. The molecular weight excluding hydrogens is 174 g/mol. The zero-order chi connectivity index (χ0) is 10.2. The third kappa shape index (κ3) is 1.85. The van der Waals surface area contributed by atoms with Crippen molar-refractivity contribution in [3.05, 3.63) is 0 Å². The summed E-state index contributed by atoms with van der Waals surface area (Å²) in [5, 5.41) is 8.59. The highest BCUT2D eigenvalue weighted by Crippen LogP contribution is 2.35. The smallest absolute Gasteiger partial charge is 0.308 e. The number of carboxylic acids is 1. The molecule has 0 aromatic carbocycles. The van der Waals surface area contributed by atoms with Gasteiger partial charge in [0.2, 0.25) is 11.8 Å². The molecule has 0 radical (unpaired) electrons. The van der Waals surface area contributed by atoms with Crippen LogP contribution in [0.1, 0.15) is 20.3 Å². The number of rotatable bonds is 2. The maximum Gasteiger partial charge on any atom is 0.308 e. The number of nitrogens with zero attached hydrogens (tertiary/aromatic N) is 1. The molecule has 1 fully saturated rings. The highest BCUT2D eigenvalue weighted by atomic mass is 16.4. The SMILES string of the molecule is CC(=O)N(C(C)=O)C1CC1C(=O)O. The number of carbonyl (C=O) groups is 3. The van der Waals surface area contributed by atoms with Crippen LogP contribution in [0.5, 0.6) is 0 Å². The molecule has 0 aromatic rings. The van der Waals surface area contributed by atoms with Crippen molar-refractivity contribution in [2.75, 3.05) is 0 Å². The van der Waals surface area contributed by atoms with E-state index in [0.717, 1.165) is 4.90 Å². The predicted octanol–water partition coefficient (Wildman–Crippen LogP) is -0.145. The van der Waals surface area contributed by atoms with E-state index in [9.17, 15) is 14.4 Å². The average Bonchev–Trinajstić information content (AvgIpc) is 2.65. The van der Waals surface area contributed by atoms with Crippen LogP contribution >= 0.6 is 0 Å². The molecule has 1 N–H and O–H groups in total. The van der Waals surface area contributed by atoms with Crippen LogP contribution in [0.25, 0.3) is 0 Å². The van der Waals surface area contributed by atoms with Crippen LogP contribution in [0, 0.1) is 5.92 Å². The minimum atomic E-state index is -0.947. The summed E-state index contributed by atoms with van der Waals surface area (Å²) in [6, 6.07) is -0.424. The number of carboxylic acid groups (broad SMARTS) is 1. The molecule has 2 amide bonds. The first-order valence-corrected chi connectivity index (χ1v) is 3.98. The number of carbonyl (C=O) groups excluding carboxylic acids is 2. The van der Waals surface area contributed by atoms with Gasteiger partial charge in [-0.2, -0.15) is 0 Å². The Labute approximate surface area is 75.3 Å². The second-order valence-corrected chi connectivity index (χ2v) is 3.16. The van der Waals surface area contributed by atoms with Crippen LogP contribution in [0.2, 0.25) is 0 Å². The van der Waals surface area contributed by atoms with Gasteiger partial charge in [0, 0.05) is 13.8 Å². The zero-order valence-corrected chi connectivity index (χ0v) is 7.48. The van der Waals surface area contributed by atoms with Crippen molar-refractivity contribution < 1.29 is 19.5 Å². The monoisotopic (exact) mass is 185 g/mol. The van der Waals surface area contributed by atoms with Crippen LogP contribution in [0.15, 0.2) is 0 Å². The van der Waals surface area contributed by atoms with Gasteiger partial charge >= 0.3 is 5.97 Å². The molecule has 1 aliphatic rings. The van der Waals surface area contributed by atoms with E-state index in [1.54, 1.807) is 0 Å². The minimum Gasteiger partial charge on any atom is -0.481 e. The summed E-state index contributed by atoms with van der Waals surface area (Å²) in [6.07, 6.45) is 0.383. The Morgan fingerprint density at radius 3 is 1.92 bits per heavy atom. The fourth-order valence-corrected chi connectivity index (χ4v) is 1.42. The molecule has 0 heterocycles. The van der Waals surface area contributed by atoms with Gasteiger partial charge in [0.05, 0.1) is 12.0 Å². The lowest BCUT2D eigenvalue weighted by Gasteiger charge is -2.15. The summed E-state index contributed by atoms with van der Waals surface area (Å²) >= 11 is 0. The van der Waals surface area contributed by atoms with Crippen molar-refractivity contribution in [3.8, 4) is 0 Å². The first-order chi connectivity index (χ1) is 5.95. The Balaban J connectivity index is 2.66. The Morgan fingerprint density at radius 1 is 1.23 bits per heavy atom. The van der Waals surface area contributed by atoms with Crippen LogP contribution in [-0.4, -0.2) is 33.8 Å². The standard InChI is InChI=1S/C8H11NO4/c1-4(10)9(5(2)11)7-3-6(7)8(12)13/h6-7H,3H2,1-2H3,(H,12,13). The number of amides is 2. The fraction of sp³-hybridized carbons (Fsp3) is 0.625. The molecule has 5 nitrogen and oxygen atoms in total. The predicted molar refractivity (Wildman–Crippen MR) is 42.7 cm³/mol. The molecule has 1 aliphatic carbocycles. The Kier molecular flexibility index (Phi) is 2.36. The third-order valence-electron chi connectivity index (χ3n) is 2.08. The first kappa shape index (κ1) is 9.70. The number of hydrogen-bond acceptors (Lipinski definition) is 3. The minimum absolute atomic E-state index is 0.383. The van der Waals surface area contributed by atoms with Gasteiger partial charge in [0.1, 0.15) is 0 Å². The van der Waals surface area contributed by atoms with E-state index >= 15 is 0 Å². The molecule has 0 bridgehead atoms. The molecule has 13 heavy (non-hydrogen) atoms. The molecule has 5 heteroatoms. The number of hydrogen-bond donors (Lipinski definition) is 1. The van der Waals surface area contributed by atoms with Crippen LogP contribution in [0.3, 0.4) is 0 Å². The van der Waals surface area contributed by atoms with Crippen LogP contribution in [0.4, 0.5) is 0 Å². The third-order valence-corrected chi connectivity index (χ3v) is 2.08. The van der Waals surface area contributed by atoms with Crippen molar-refractivity contribution in [1.29, 1.82) is 0 Å². The van der Waals surface area contributed by atoms with Gasteiger partial charge in [-0.3, -0.25) is 19.3 Å². The molecule has 1 saturated carbocycles. The van der Waals surface area contributed by atoms with Gasteiger partial charge in [0.15, 0.2) is 0 Å². The lowest BCUT2D eigenvalue weighted by Crippen LogP contribution is -2.36. The second-order valence-electron chi connectivity index (χ2n) is 3.16. The lowest BCUT2D eigenvalue weighted by atomic mass is 10.3. The quantitative estimate of drug-likeness (QED) is 0.649. The van der Waals surface area contributed by atoms with Crippen LogP contribution < -0.4 is 0 Å². The van der Waals surface area contributed by atoms with Gasteiger partial charge in [-0.1, -0.05) is 0 Å². The normalized spacial score (nSPS) is 25.1. The summed E-state index contributed by atoms with van der Waals surface area (Å²) in [4.78, 5) is 33.4. The van der Waals surface area contributed by atoms with Crippen molar-refractivity contribution in [2.24, 2.45) is 5.92 Å². The van der Waals surface area contributed by atoms with Crippen molar-refractivity contribution in [1.82, 2.24) is 4.90 Å². The maximum atomic E-state index is 10.9. The van der Waals surface area contributed by atoms with Crippen molar-refractivity contribution in [3.63, 3.8) is 0 Å². The summed E-state index contributed by atoms with van der Waals surface area (Å²) in [6.45, 7) is 2.53. The summed E-state index contributed by atoms with van der Waals surface area (Å²) < 4.78 is 0. The number of imide groups is 1. The first-order valence-electron chi connectivity index (χ1n) is 3.98. The van der Waals surface area contributed by atoms with Gasteiger partial charge in [-0.25, -0.2) is 0 Å². The molecule has 0 spiro atoms. The van der Waals surface area contributed by atoms with E-state index in [4.69, 9.17) is 5.11 Å². The second kappa shape index (κ2) is 3.16. The number of aliphatic carboxylic acids is 1. The van der Waals surface area contributed by atoms with E-state index in [2.05, 4.69) is 0 Å². The van der Waals surface area contributed by atoms with E-state index in [-0.39, 0.29) is 11.8 Å². The van der Waals surface area contributed by atoms with E-state index in [1.807, 2.05) is 0 Å². The Morgan fingerprint density at radius 2 is 1.69 bits per heavy atom. The highest BCUT2D eigenvalue weighted by molar-refractivity contribution is 5.94. The molecule has 0 saturated heterocycles. The average molecular weight is 185 g/mol. The van der Waals surface area contributed by atoms with Gasteiger partial charge < -0.3 is 5.11 Å². The maximum absolute atomic E-state index is 10.9. The fourth-order valence-electron chi connectivity index (χ4n) is 1.42. The molecule has 0 aliphatic heterocycles. The van der Waals surface area contributed by atoms with E-state index < -0.39 is 17.9 Å². The zero-order valence-electron chi connectivity index (χ0n) is 7.48. The molecule has 2 unspecified atom stereocenters. The van der Waals surface area contributed by atoms with E-state index in [0.29, 0.717) is 6.42 Å². The molecule has 0 aromatic heterocycles. The van der Waals surface area contributed by atoms with E-state index in [1.165, 1.54) is 13.8 Å². The summed E-state index contributed by atoms with van der Waals surface area (Å²) in [5.74, 6) is -2.28. The summed E-state index contributed by atoms with van der Waals surface area (Å²) in [5.41, 5.74) is 0. The largest absolute Gasteiger partial charge is 0.481 e. The molecular formula is C8H11NO4. The molecule has 1 rings (SSSR count). The van der Waals surface area contributed by atoms with Gasteiger partial charge in [-0.15, -0.1) is 0 Å². The Hall–Kier alpha value is -1.39. The van der Waals surface area contributed by atoms with Crippen LogP contribution in [-0.2, 0) is 14.4 Å². The van der Waals surface area contributed by atoms with Crippen molar-refractivity contribution >= 4 is 17.8 Å². The highest BCUT2D eigenvalue weighted by Gasteiger charge is 2.49.